The first-order chi connectivity index (χ1) is 18.3. The van der Waals surface area contributed by atoms with E-state index >= 15 is 0 Å². The molecule has 6 heteroatoms. The van der Waals surface area contributed by atoms with Crippen molar-refractivity contribution in [3.8, 4) is 17.2 Å². The van der Waals surface area contributed by atoms with E-state index in [1.807, 2.05) is 6.07 Å². The lowest BCUT2D eigenvalue weighted by atomic mass is 10.0. The highest BCUT2D eigenvalue weighted by Gasteiger charge is 2.15. The molecule has 1 rings (SSSR count). The summed E-state index contributed by atoms with van der Waals surface area (Å²) in [7, 11) is 4.76. The molecule has 0 aliphatic rings. The number of ether oxygens (including phenoxy) is 6. The topological polar surface area (TPSA) is 55.4 Å². The molecular weight excluding hydrogens is 481 g/mol. The van der Waals surface area contributed by atoms with Crippen molar-refractivity contribution < 1.29 is 28.4 Å². The van der Waals surface area contributed by atoms with Crippen LogP contribution < -0.4 is 14.2 Å². The highest BCUT2D eigenvalue weighted by molar-refractivity contribution is 5.52. The fraction of sp³-hybridized carbons (Fsp3) is 0.562. The van der Waals surface area contributed by atoms with E-state index in [0.717, 1.165) is 44.1 Å². The Kier molecular flexibility index (Phi) is 18.0. The summed E-state index contributed by atoms with van der Waals surface area (Å²) in [6.45, 7) is 11.3. The first kappa shape index (κ1) is 33.5. The molecule has 0 N–H and O–H groups in total. The van der Waals surface area contributed by atoms with Crippen LogP contribution in [-0.4, -0.2) is 41.7 Å². The second-order valence-corrected chi connectivity index (χ2v) is 9.82. The average Bonchev–Trinajstić information content (AvgIpc) is 2.88. The lowest BCUT2D eigenvalue weighted by molar-refractivity contribution is 0.0302. The van der Waals surface area contributed by atoms with Gasteiger partial charge in [-0.25, -0.2) is 0 Å². The minimum absolute atomic E-state index is 0.0995. The lowest BCUT2D eigenvalue weighted by Gasteiger charge is -2.17. The lowest BCUT2D eigenvalue weighted by Crippen LogP contribution is -2.08. The maximum atomic E-state index is 5.87. The summed E-state index contributed by atoms with van der Waals surface area (Å²) in [6, 6.07) is 3.73. The molecule has 0 radical (unpaired) electrons. The molecule has 0 aliphatic heterocycles. The number of methoxy groups -OCH3 is 3. The molecule has 214 valence electrons. The molecule has 38 heavy (non-hydrogen) atoms. The fourth-order valence-corrected chi connectivity index (χ4v) is 3.78. The number of hydrogen-bond donors (Lipinski definition) is 0. The molecule has 6 nitrogen and oxygen atoms in total. The van der Waals surface area contributed by atoms with Crippen LogP contribution >= 0.6 is 0 Å². The number of rotatable bonds is 20. The molecule has 0 bridgehead atoms. The van der Waals surface area contributed by atoms with E-state index in [2.05, 4.69) is 58.9 Å². The van der Waals surface area contributed by atoms with Crippen LogP contribution in [0.2, 0.25) is 0 Å². The second-order valence-electron chi connectivity index (χ2n) is 9.82. The van der Waals surface area contributed by atoms with Gasteiger partial charge in [-0.05, 0) is 85.6 Å². The number of allylic oxidation sites excluding steroid dienone is 8. The van der Waals surface area contributed by atoms with Crippen LogP contribution in [0, 0.1) is 0 Å². The normalized spacial score (nSPS) is 12.5. The van der Waals surface area contributed by atoms with Gasteiger partial charge in [-0.2, -0.15) is 0 Å². The van der Waals surface area contributed by atoms with Crippen molar-refractivity contribution in [2.45, 2.75) is 79.6 Å². The van der Waals surface area contributed by atoms with Crippen molar-refractivity contribution in [2.75, 3.05) is 41.7 Å². The summed E-state index contributed by atoms with van der Waals surface area (Å²) < 4.78 is 32.6. The third kappa shape index (κ3) is 15.0. The van der Waals surface area contributed by atoms with Crippen LogP contribution in [0.5, 0.6) is 17.2 Å². The van der Waals surface area contributed by atoms with Gasteiger partial charge in [0.2, 0.25) is 0 Å². The zero-order valence-electron chi connectivity index (χ0n) is 25.0. The van der Waals surface area contributed by atoms with Gasteiger partial charge < -0.3 is 28.4 Å². The summed E-state index contributed by atoms with van der Waals surface area (Å²) in [5.74, 6) is 1.81. The van der Waals surface area contributed by atoms with Gasteiger partial charge in [0.1, 0.15) is 5.75 Å². The van der Waals surface area contributed by atoms with Crippen molar-refractivity contribution in [1.82, 2.24) is 0 Å². The summed E-state index contributed by atoms with van der Waals surface area (Å²) in [4.78, 5) is 0. The van der Waals surface area contributed by atoms with Crippen molar-refractivity contribution in [2.24, 2.45) is 0 Å². The van der Waals surface area contributed by atoms with E-state index in [0.29, 0.717) is 23.7 Å². The zero-order chi connectivity index (χ0) is 28.2. The van der Waals surface area contributed by atoms with Crippen molar-refractivity contribution in [3.05, 3.63) is 64.3 Å². The van der Waals surface area contributed by atoms with E-state index in [1.165, 1.54) is 22.3 Å². The highest BCUT2D eigenvalue weighted by atomic mass is 16.7. The summed E-state index contributed by atoms with van der Waals surface area (Å²) in [5, 5.41) is 0. The number of hydrogen-bond acceptors (Lipinski definition) is 6. The molecule has 0 spiro atoms. The van der Waals surface area contributed by atoms with Crippen LogP contribution in [0.3, 0.4) is 0 Å². The van der Waals surface area contributed by atoms with Crippen molar-refractivity contribution >= 4 is 0 Å². The highest BCUT2D eigenvalue weighted by Crippen LogP contribution is 2.37. The third-order valence-electron chi connectivity index (χ3n) is 5.93. The van der Waals surface area contributed by atoms with Crippen molar-refractivity contribution in [1.29, 1.82) is 0 Å². The van der Waals surface area contributed by atoms with Gasteiger partial charge in [0.15, 0.2) is 31.9 Å². The quantitative estimate of drug-likeness (QED) is 0.0958. The van der Waals surface area contributed by atoms with E-state index in [1.54, 1.807) is 27.4 Å². The van der Waals surface area contributed by atoms with Crippen molar-refractivity contribution in [3.63, 3.8) is 0 Å². The van der Waals surface area contributed by atoms with E-state index in [9.17, 15) is 0 Å². The summed E-state index contributed by atoms with van der Waals surface area (Å²) in [6.07, 6.45) is 16.5. The van der Waals surface area contributed by atoms with Gasteiger partial charge in [-0.3, -0.25) is 0 Å². The molecule has 0 amide bonds. The third-order valence-corrected chi connectivity index (χ3v) is 5.93. The maximum absolute atomic E-state index is 5.87. The predicted molar refractivity (Wildman–Crippen MR) is 156 cm³/mol. The Morgan fingerprint density at radius 1 is 0.605 bits per heavy atom. The van der Waals surface area contributed by atoms with E-state index in [-0.39, 0.29) is 20.4 Å². The Bertz CT molecular complexity index is 922. The summed E-state index contributed by atoms with van der Waals surface area (Å²) >= 11 is 0. The van der Waals surface area contributed by atoms with Gasteiger partial charge >= 0.3 is 0 Å². The Hall–Kier alpha value is -2.54. The predicted octanol–water partition coefficient (Wildman–Crippen LogP) is 8.32. The Balaban J connectivity index is 2.77. The minimum atomic E-state index is 0.0995. The summed E-state index contributed by atoms with van der Waals surface area (Å²) in [5.41, 5.74) is 6.59. The van der Waals surface area contributed by atoms with E-state index in [4.69, 9.17) is 28.4 Å². The first-order valence-corrected chi connectivity index (χ1v) is 13.4. The van der Waals surface area contributed by atoms with Crippen LogP contribution in [0.25, 0.3) is 0 Å². The Morgan fingerprint density at radius 2 is 1.11 bits per heavy atom. The molecule has 0 heterocycles. The average molecular weight is 532 g/mol. The second kappa shape index (κ2) is 20.4. The molecule has 0 aliphatic carbocycles. The van der Waals surface area contributed by atoms with Crippen LogP contribution in [0.15, 0.2) is 58.7 Å². The van der Waals surface area contributed by atoms with Crippen LogP contribution in [0.4, 0.5) is 0 Å². The van der Waals surface area contributed by atoms with Gasteiger partial charge in [0, 0.05) is 33.0 Å². The van der Waals surface area contributed by atoms with Crippen LogP contribution in [0.1, 0.15) is 78.7 Å². The van der Waals surface area contributed by atoms with Gasteiger partial charge in [-0.15, -0.1) is 0 Å². The standard InChI is InChI=1S/C32H50O6/c1-25(2)12-9-13-26(3)14-10-15-27(4)16-11-17-28(5)18-19-29-20-30(36-22-33-6)21-31(37-23-34-7)32(29)38-24-35-8/h12,14,16,18,20-21H,9-11,13,15,17,19,22-24H2,1-8H3/b26-14+,27-16+,28-18+/i19+1. The smallest absolute Gasteiger partial charge is 0.188 e. The van der Waals surface area contributed by atoms with Gasteiger partial charge in [0.25, 0.3) is 0 Å². The Morgan fingerprint density at radius 3 is 1.66 bits per heavy atom. The molecule has 0 atom stereocenters. The molecule has 0 aromatic heterocycles. The molecule has 0 unspecified atom stereocenters. The zero-order valence-corrected chi connectivity index (χ0v) is 25.0. The molecule has 1 aromatic rings. The maximum Gasteiger partial charge on any atom is 0.188 e. The van der Waals surface area contributed by atoms with E-state index < -0.39 is 0 Å². The molecule has 1 aromatic carbocycles. The fourth-order valence-electron chi connectivity index (χ4n) is 3.78. The SMILES string of the molecule is COCOc1cc([13CH2]/C=C(\C)CC/C=C(\C)CC/C=C(\C)CCC=C(C)C)c(OCOC)c(OCOC)c1. The monoisotopic (exact) mass is 531 g/mol. The molecule has 0 saturated carbocycles. The molecule has 0 fully saturated rings. The first-order valence-electron chi connectivity index (χ1n) is 13.4. The molecular formula is C32H50O6. The number of benzene rings is 1. The molecule has 0 saturated heterocycles. The minimum Gasteiger partial charge on any atom is -0.467 e. The largest absolute Gasteiger partial charge is 0.467 e. The van der Waals surface area contributed by atoms with Crippen LogP contribution in [-0.2, 0) is 20.6 Å². The van der Waals surface area contributed by atoms with Gasteiger partial charge in [0.05, 0.1) is 0 Å². The van der Waals surface area contributed by atoms with Gasteiger partial charge in [-0.1, -0.05) is 46.6 Å². The Labute approximate surface area is 231 Å².